The van der Waals surface area contributed by atoms with E-state index in [2.05, 4.69) is 22.0 Å². The molecule has 0 atom stereocenters. The molecule has 0 spiro atoms. The summed E-state index contributed by atoms with van der Waals surface area (Å²) in [6.07, 6.45) is 2.82. The molecule has 0 unspecified atom stereocenters. The van der Waals surface area contributed by atoms with Crippen LogP contribution in [0.3, 0.4) is 0 Å². The van der Waals surface area contributed by atoms with Crippen molar-refractivity contribution in [3.63, 3.8) is 0 Å². The van der Waals surface area contributed by atoms with Gasteiger partial charge >= 0.3 is 0 Å². The van der Waals surface area contributed by atoms with E-state index in [1.807, 2.05) is 46.8 Å². The van der Waals surface area contributed by atoms with E-state index in [1.165, 1.54) is 0 Å². The predicted octanol–water partition coefficient (Wildman–Crippen LogP) is 3.41. The van der Waals surface area contributed by atoms with Gasteiger partial charge in [0.1, 0.15) is 10.8 Å². The molecular formula is C21H23N3O2S. The van der Waals surface area contributed by atoms with Gasteiger partial charge in [0, 0.05) is 43.1 Å². The quantitative estimate of drug-likeness (QED) is 0.679. The fourth-order valence-electron chi connectivity index (χ4n) is 3.45. The van der Waals surface area contributed by atoms with Crippen molar-refractivity contribution in [3.05, 3.63) is 59.0 Å². The maximum atomic E-state index is 12.7. The second kappa shape index (κ2) is 8.50. The number of hydrogen-bond donors (Lipinski definition) is 0. The number of ether oxygens (including phenoxy) is 1. The minimum atomic E-state index is 0.0547. The third-order valence-electron chi connectivity index (χ3n) is 4.88. The molecule has 6 heteroatoms. The Morgan fingerprint density at radius 2 is 1.96 bits per heavy atom. The van der Waals surface area contributed by atoms with Crippen molar-refractivity contribution in [1.82, 2.24) is 14.8 Å². The van der Waals surface area contributed by atoms with Crippen LogP contribution >= 0.6 is 11.3 Å². The number of amides is 1. The zero-order valence-corrected chi connectivity index (χ0v) is 16.0. The summed E-state index contributed by atoms with van der Waals surface area (Å²) in [5, 5.41) is 5.30. The molecule has 0 saturated carbocycles. The standard InChI is InChI=1S/C21H23N3O2S/c25-21(16-26-19-8-3-6-17-5-1-2-7-18(17)19)24-11-4-10-23(12-13-24)15-20-22-9-14-27-20/h1-3,5-9,14H,4,10-13,15-16H2. The second-order valence-electron chi connectivity index (χ2n) is 6.70. The zero-order chi connectivity index (χ0) is 18.5. The molecule has 1 aromatic heterocycles. The van der Waals surface area contributed by atoms with E-state index >= 15 is 0 Å². The minimum Gasteiger partial charge on any atom is -0.483 e. The van der Waals surface area contributed by atoms with Crippen molar-refractivity contribution >= 4 is 28.0 Å². The number of thiazole rings is 1. The molecule has 0 radical (unpaired) electrons. The zero-order valence-electron chi connectivity index (χ0n) is 15.2. The molecule has 0 bridgehead atoms. The second-order valence-corrected chi connectivity index (χ2v) is 7.68. The number of benzene rings is 2. The van der Waals surface area contributed by atoms with E-state index in [-0.39, 0.29) is 12.5 Å². The van der Waals surface area contributed by atoms with E-state index in [9.17, 15) is 4.79 Å². The van der Waals surface area contributed by atoms with Crippen LogP contribution < -0.4 is 4.74 Å². The van der Waals surface area contributed by atoms with Gasteiger partial charge in [-0.05, 0) is 17.9 Å². The first-order chi connectivity index (χ1) is 13.3. The summed E-state index contributed by atoms with van der Waals surface area (Å²) >= 11 is 1.68. The normalized spacial score (nSPS) is 15.6. The largest absolute Gasteiger partial charge is 0.483 e. The van der Waals surface area contributed by atoms with Crippen molar-refractivity contribution in [2.24, 2.45) is 0 Å². The van der Waals surface area contributed by atoms with Crippen LogP contribution in [0.1, 0.15) is 11.4 Å². The lowest BCUT2D eigenvalue weighted by molar-refractivity contribution is -0.133. The Morgan fingerprint density at radius 1 is 1.07 bits per heavy atom. The Hall–Kier alpha value is -2.44. The SMILES string of the molecule is O=C(COc1cccc2ccccc12)N1CCCN(Cc2nccs2)CC1. The summed E-state index contributed by atoms with van der Waals surface area (Å²) in [5.74, 6) is 0.820. The first-order valence-electron chi connectivity index (χ1n) is 9.29. The molecular weight excluding hydrogens is 358 g/mol. The van der Waals surface area contributed by atoms with Gasteiger partial charge in [-0.25, -0.2) is 4.98 Å². The van der Waals surface area contributed by atoms with Crippen molar-refractivity contribution in [2.45, 2.75) is 13.0 Å². The molecule has 3 aromatic rings. The fourth-order valence-corrected chi connectivity index (χ4v) is 4.11. The lowest BCUT2D eigenvalue weighted by Crippen LogP contribution is -2.38. The van der Waals surface area contributed by atoms with E-state index < -0.39 is 0 Å². The molecule has 27 heavy (non-hydrogen) atoms. The number of rotatable bonds is 5. The lowest BCUT2D eigenvalue weighted by atomic mass is 10.1. The van der Waals surface area contributed by atoms with E-state index in [4.69, 9.17) is 4.74 Å². The highest BCUT2D eigenvalue weighted by Crippen LogP contribution is 2.25. The Kier molecular flexibility index (Phi) is 5.65. The number of fused-ring (bicyclic) bond motifs is 1. The average Bonchev–Trinajstić information content (AvgIpc) is 3.10. The van der Waals surface area contributed by atoms with Crippen LogP contribution in [-0.2, 0) is 11.3 Å². The molecule has 1 aliphatic heterocycles. The molecule has 2 aromatic carbocycles. The summed E-state index contributed by atoms with van der Waals surface area (Å²) in [6, 6.07) is 14.0. The maximum Gasteiger partial charge on any atom is 0.260 e. The molecule has 0 aliphatic carbocycles. The van der Waals surface area contributed by atoms with Gasteiger partial charge in [0.25, 0.3) is 5.91 Å². The van der Waals surface area contributed by atoms with Gasteiger partial charge in [0.15, 0.2) is 6.61 Å². The van der Waals surface area contributed by atoms with Crippen LogP contribution in [0.25, 0.3) is 10.8 Å². The van der Waals surface area contributed by atoms with Crippen molar-refractivity contribution in [3.8, 4) is 5.75 Å². The molecule has 1 aliphatic rings. The van der Waals surface area contributed by atoms with Crippen LogP contribution in [0.15, 0.2) is 54.0 Å². The van der Waals surface area contributed by atoms with Gasteiger partial charge < -0.3 is 9.64 Å². The molecule has 0 N–H and O–H groups in total. The highest BCUT2D eigenvalue weighted by Gasteiger charge is 2.20. The summed E-state index contributed by atoms with van der Waals surface area (Å²) in [5.41, 5.74) is 0. The Balaban J connectivity index is 1.33. The topological polar surface area (TPSA) is 45.7 Å². The van der Waals surface area contributed by atoms with Crippen molar-refractivity contribution in [1.29, 1.82) is 0 Å². The molecule has 4 rings (SSSR count). The number of carbonyl (C=O) groups is 1. The third-order valence-corrected chi connectivity index (χ3v) is 5.65. The minimum absolute atomic E-state index is 0.0547. The van der Waals surface area contributed by atoms with Gasteiger partial charge in [0.05, 0.1) is 6.54 Å². The summed E-state index contributed by atoms with van der Waals surface area (Å²) in [6.45, 7) is 4.34. The average molecular weight is 382 g/mol. The van der Waals surface area contributed by atoms with Gasteiger partial charge in [-0.2, -0.15) is 0 Å². The number of aromatic nitrogens is 1. The first kappa shape index (κ1) is 17.9. The molecule has 2 heterocycles. The molecule has 1 amide bonds. The van der Waals surface area contributed by atoms with Gasteiger partial charge in [-0.3, -0.25) is 9.69 Å². The van der Waals surface area contributed by atoms with Crippen LogP contribution in [-0.4, -0.2) is 53.5 Å². The first-order valence-corrected chi connectivity index (χ1v) is 10.2. The van der Waals surface area contributed by atoms with E-state index in [1.54, 1.807) is 11.3 Å². The molecule has 1 fully saturated rings. The van der Waals surface area contributed by atoms with Gasteiger partial charge in [-0.1, -0.05) is 36.4 Å². The number of hydrogen-bond acceptors (Lipinski definition) is 5. The summed E-state index contributed by atoms with van der Waals surface area (Å²) in [7, 11) is 0. The highest BCUT2D eigenvalue weighted by atomic mass is 32.1. The van der Waals surface area contributed by atoms with Crippen LogP contribution in [0.5, 0.6) is 5.75 Å². The fraction of sp³-hybridized carbons (Fsp3) is 0.333. The van der Waals surface area contributed by atoms with Gasteiger partial charge in [0.2, 0.25) is 0 Å². The van der Waals surface area contributed by atoms with Gasteiger partial charge in [-0.15, -0.1) is 11.3 Å². The maximum absolute atomic E-state index is 12.7. The van der Waals surface area contributed by atoms with E-state index in [0.717, 1.165) is 60.7 Å². The Bertz CT molecular complexity index is 892. The van der Waals surface area contributed by atoms with Crippen LogP contribution in [0, 0.1) is 0 Å². The number of carbonyl (C=O) groups excluding carboxylic acids is 1. The Labute approximate surface area is 163 Å². The third kappa shape index (κ3) is 4.46. The van der Waals surface area contributed by atoms with Crippen molar-refractivity contribution in [2.75, 3.05) is 32.8 Å². The monoisotopic (exact) mass is 381 g/mol. The Morgan fingerprint density at radius 3 is 2.85 bits per heavy atom. The summed E-state index contributed by atoms with van der Waals surface area (Å²) < 4.78 is 5.87. The highest BCUT2D eigenvalue weighted by molar-refractivity contribution is 7.09. The van der Waals surface area contributed by atoms with E-state index in [0.29, 0.717) is 0 Å². The lowest BCUT2D eigenvalue weighted by Gasteiger charge is -2.21. The molecule has 1 saturated heterocycles. The van der Waals surface area contributed by atoms with Crippen LogP contribution in [0.2, 0.25) is 0 Å². The van der Waals surface area contributed by atoms with Crippen LogP contribution in [0.4, 0.5) is 0 Å². The predicted molar refractivity (Wildman–Crippen MR) is 108 cm³/mol. The molecule has 5 nitrogen and oxygen atoms in total. The van der Waals surface area contributed by atoms with Crippen molar-refractivity contribution < 1.29 is 9.53 Å². The summed E-state index contributed by atoms with van der Waals surface area (Å²) in [4.78, 5) is 21.3. The molecule has 140 valence electrons. The number of nitrogens with zero attached hydrogens (tertiary/aromatic N) is 3. The smallest absolute Gasteiger partial charge is 0.260 e.